The predicted molar refractivity (Wildman–Crippen MR) is 77.7 cm³/mol. The third-order valence-corrected chi connectivity index (χ3v) is 4.05. The Morgan fingerprint density at radius 2 is 0.882 bits per heavy atom. The van der Waals surface area contributed by atoms with Crippen molar-refractivity contribution < 1.29 is 10.2 Å². The average Bonchev–Trinajstić information content (AvgIpc) is 2.35. The molecule has 0 aromatic carbocycles. The maximum Gasteiger partial charge on any atom is 0.0438 e. The van der Waals surface area contributed by atoms with E-state index in [2.05, 4.69) is 0 Å². The summed E-state index contributed by atoms with van der Waals surface area (Å²) in [6.07, 6.45) is 12.6. The molecule has 0 aliphatic heterocycles. The zero-order valence-electron chi connectivity index (χ0n) is 11.2. The van der Waals surface area contributed by atoms with Crippen LogP contribution in [0.2, 0.25) is 0 Å². The Bertz CT molecular complexity index is 117. The second kappa shape index (κ2) is 16.3. The van der Waals surface area contributed by atoms with Crippen molar-refractivity contribution in [2.75, 3.05) is 24.7 Å². The number of aliphatic hydroxyl groups is 2. The number of hydrogen-bond acceptors (Lipinski definition) is 3. The Morgan fingerprint density at radius 3 is 1.41 bits per heavy atom. The molecule has 0 aromatic rings. The SMILES string of the molecule is OCCCCCCCCCCCSCCCO. The first-order valence-corrected chi connectivity index (χ1v) is 8.36. The molecule has 0 rings (SSSR count). The Kier molecular flexibility index (Phi) is 16.5. The minimum Gasteiger partial charge on any atom is -0.396 e. The van der Waals surface area contributed by atoms with Crippen LogP contribution in [0.15, 0.2) is 0 Å². The topological polar surface area (TPSA) is 40.5 Å². The van der Waals surface area contributed by atoms with E-state index in [1.807, 2.05) is 11.8 Å². The van der Waals surface area contributed by atoms with Gasteiger partial charge in [0.2, 0.25) is 0 Å². The highest BCUT2D eigenvalue weighted by atomic mass is 32.2. The predicted octanol–water partition coefficient (Wildman–Crippen LogP) is 3.61. The quantitative estimate of drug-likeness (QED) is 0.470. The third kappa shape index (κ3) is 16.3. The summed E-state index contributed by atoms with van der Waals surface area (Å²) in [4.78, 5) is 0. The Morgan fingerprint density at radius 1 is 0.471 bits per heavy atom. The molecule has 0 radical (unpaired) electrons. The van der Waals surface area contributed by atoms with Crippen LogP contribution in [0.25, 0.3) is 0 Å². The number of rotatable bonds is 14. The molecule has 2 N–H and O–H groups in total. The monoisotopic (exact) mass is 262 g/mol. The van der Waals surface area contributed by atoms with Gasteiger partial charge in [-0.3, -0.25) is 0 Å². The van der Waals surface area contributed by atoms with Crippen LogP contribution in [0, 0.1) is 0 Å². The maximum atomic E-state index is 8.63. The highest BCUT2D eigenvalue weighted by Crippen LogP contribution is 2.12. The van der Waals surface area contributed by atoms with Crippen molar-refractivity contribution in [3.05, 3.63) is 0 Å². The van der Waals surface area contributed by atoms with Gasteiger partial charge in [0.05, 0.1) is 0 Å². The fourth-order valence-corrected chi connectivity index (χ4v) is 2.77. The summed E-state index contributed by atoms with van der Waals surface area (Å²) in [5.74, 6) is 2.37. The summed E-state index contributed by atoms with van der Waals surface area (Å²) < 4.78 is 0. The molecule has 0 saturated carbocycles. The maximum absolute atomic E-state index is 8.63. The van der Waals surface area contributed by atoms with Crippen molar-refractivity contribution in [3.63, 3.8) is 0 Å². The summed E-state index contributed by atoms with van der Waals surface area (Å²) in [6, 6.07) is 0. The van der Waals surface area contributed by atoms with Crippen LogP contribution in [-0.2, 0) is 0 Å². The average molecular weight is 262 g/mol. The second-order valence-electron chi connectivity index (χ2n) is 4.60. The van der Waals surface area contributed by atoms with E-state index in [0.29, 0.717) is 13.2 Å². The molecule has 0 unspecified atom stereocenters. The number of hydrogen-bond donors (Lipinski definition) is 2. The van der Waals surface area contributed by atoms with Gasteiger partial charge in [0.15, 0.2) is 0 Å². The van der Waals surface area contributed by atoms with Crippen LogP contribution in [0.5, 0.6) is 0 Å². The molecule has 0 amide bonds. The second-order valence-corrected chi connectivity index (χ2v) is 5.82. The van der Waals surface area contributed by atoms with Crippen LogP contribution in [0.4, 0.5) is 0 Å². The minimum atomic E-state index is 0.337. The molecule has 0 aliphatic carbocycles. The smallest absolute Gasteiger partial charge is 0.0438 e. The number of aliphatic hydroxyl groups excluding tert-OH is 2. The van der Waals surface area contributed by atoms with E-state index in [0.717, 1.165) is 18.6 Å². The molecule has 0 bridgehead atoms. The van der Waals surface area contributed by atoms with E-state index in [9.17, 15) is 0 Å². The zero-order chi connectivity index (χ0) is 12.6. The largest absolute Gasteiger partial charge is 0.396 e. The highest BCUT2D eigenvalue weighted by Gasteiger charge is 1.93. The molecule has 2 nitrogen and oxygen atoms in total. The van der Waals surface area contributed by atoms with Crippen LogP contribution in [0.3, 0.4) is 0 Å². The van der Waals surface area contributed by atoms with Gasteiger partial charge in [-0.1, -0.05) is 44.9 Å². The third-order valence-electron chi connectivity index (χ3n) is 2.89. The van der Waals surface area contributed by atoms with Gasteiger partial charge in [0.25, 0.3) is 0 Å². The summed E-state index contributed by atoms with van der Waals surface area (Å²) in [6.45, 7) is 0.692. The Balaban J connectivity index is 2.85. The molecule has 0 aromatic heterocycles. The number of unbranched alkanes of at least 4 members (excludes halogenated alkanes) is 8. The summed E-state index contributed by atoms with van der Waals surface area (Å²) >= 11 is 1.97. The molecule has 0 aliphatic rings. The molecule has 3 heteroatoms. The Labute approximate surface area is 111 Å². The van der Waals surface area contributed by atoms with Crippen LogP contribution < -0.4 is 0 Å². The van der Waals surface area contributed by atoms with Gasteiger partial charge >= 0.3 is 0 Å². The van der Waals surface area contributed by atoms with Crippen molar-refractivity contribution in [1.29, 1.82) is 0 Å². The lowest BCUT2D eigenvalue weighted by Crippen LogP contribution is -1.88. The summed E-state index contributed by atoms with van der Waals surface area (Å²) in [5.41, 5.74) is 0. The molecule has 0 heterocycles. The van der Waals surface area contributed by atoms with Crippen molar-refractivity contribution in [2.45, 2.75) is 64.2 Å². The van der Waals surface area contributed by atoms with Gasteiger partial charge in [-0.2, -0.15) is 11.8 Å². The lowest BCUT2D eigenvalue weighted by Gasteiger charge is -2.02. The summed E-state index contributed by atoms with van der Waals surface area (Å²) in [7, 11) is 0. The Hall–Kier alpha value is 0.270. The van der Waals surface area contributed by atoms with Crippen LogP contribution >= 0.6 is 11.8 Å². The first kappa shape index (κ1) is 17.3. The zero-order valence-corrected chi connectivity index (χ0v) is 12.0. The van der Waals surface area contributed by atoms with E-state index >= 15 is 0 Å². The van der Waals surface area contributed by atoms with Gasteiger partial charge in [0, 0.05) is 13.2 Å². The van der Waals surface area contributed by atoms with Gasteiger partial charge in [0.1, 0.15) is 0 Å². The molecule has 104 valence electrons. The standard InChI is InChI=1S/C14H30O2S/c15-11-8-6-4-2-1-3-5-7-9-13-17-14-10-12-16/h15-16H,1-14H2. The highest BCUT2D eigenvalue weighted by molar-refractivity contribution is 7.99. The van der Waals surface area contributed by atoms with Crippen molar-refractivity contribution in [1.82, 2.24) is 0 Å². The van der Waals surface area contributed by atoms with Crippen molar-refractivity contribution in [2.24, 2.45) is 0 Å². The molecule has 0 spiro atoms. The van der Waals surface area contributed by atoms with Crippen LogP contribution in [-0.4, -0.2) is 34.9 Å². The first-order chi connectivity index (χ1) is 8.41. The van der Waals surface area contributed by atoms with Crippen LogP contribution in [0.1, 0.15) is 64.2 Å². The molecule has 17 heavy (non-hydrogen) atoms. The van der Waals surface area contributed by atoms with Crippen molar-refractivity contribution >= 4 is 11.8 Å². The van der Waals surface area contributed by atoms with Gasteiger partial charge in [-0.25, -0.2) is 0 Å². The summed E-state index contributed by atoms with van der Waals surface area (Å²) in [5, 5.41) is 17.2. The van der Waals surface area contributed by atoms with Gasteiger partial charge in [-0.15, -0.1) is 0 Å². The van der Waals surface area contributed by atoms with E-state index in [1.54, 1.807) is 0 Å². The number of thioether (sulfide) groups is 1. The minimum absolute atomic E-state index is 0.337. The van der Waals surface area contributed by atoms with Gasteiger partial charge < -0.3 is 10.2 Å². The molecule has 0 saturated heterocycles. The first-order valence-electron chi connectivity index (χ1n) is 7.21. The van der Waals surface area contributed by atoms with E-state index in [1.165, 1.54) is 57.1 Å². The molecule has 0 atom stereocenters. The van der Waals surface area contributed by atoms with Gasteiger partial charge in [-0.05, 0) is 30.8 Å². The van der Waals surface area contributed by atoms with E-state index < -0.39 is 0 Å². The molecular formula is C14H30O2S. The van der Waals surface area contributed by atoms with E-state index in [4.69, 9.17) is 10.2 Å². The van der Waals surface area contributed by atoms with Crippen molar-refractivity contribution in [3.8, 4) is 0 Å². The normalized spacial score (nSPS) is 10.9. The molecular weight excluding hydrogens is 232 g/mol. The fourth-order valence-electron chi connectivity index (χ4n) is 1.82. The fraction of sp³-hybridized carbons (Fsp3) is 1.00. The lowest BCUT2D eigenvalue weighted by molar-refractivity contribution is 0.282. The molecule has 0 fully saturated rings. The lowest BCUT2D eigenvalue weighted by atomic mass is 10.1. The van der Waals surface area contributed by atoms with E-state index in [-0.39, 0.29) is 0 Å².